The van der Waals surface area contributed by atoms with E-state index < -0.39 is 39.1 Å². The number of carbonyl (C=O) groups is 1. The minimum atomic E-state index is -4.74. The molecule has 0 saturated carbocycles. The van der Waals surface area contributed by atoms with Crippen molar-refractivity contribution < 1.29 is 35.5 Å². The molecule has 9 nitrogen and oxygen atoms in total. The molecule has 3 aromatic heterocycles. The van der Waals surface area contributed by atoms with Gasteiger partial charge in [0.1, 0.15) is 26.9 Å². The highest BCUT2D eigenvalue weighted by molar-refractivity contribution is 7.90. The zero-order chi connectivity index (χ0) is 25.4. The first kappa shape index (κ1) is 24.9. The second-order valence-electron chi connectivity index (χ2n) is 8.01. The molecular weight excluding hydrogens is 494 g/mol. The van der Waals surface area contributed by atoms with Crippen LogP contribution in [0.4, 0.5) is 28.9 Å². The zero-order valence-corrected chi connectivity index (χ0v) is 19.3. The molecule has 1 aliphatic heterocycles. The van der Waals surface area contributed by atoms with Crippen molar-refractivity contribution in [3.05, 3.63) is 53.5 Å². The number of rotatable bonds is 6. The summed E-state index contributed by atoms with van der Waals surface area (Å²) in [7, 11) is -3.27. The van der Waals surface area contributed by atoms with Crippen LogP contribution in [-0.2, 0) is 27.2 Å². The van der Waals surface area contributed by atoms with Gasteiger partial charge in [0, 0.05) is 38.2 Å². The Morgan fingerprint density at radius 1 is 1.17 bits per heavy atom. The van der Waals surface area contributed by atoms with Crippen LogP contribution in [0.1, 0.15) is 21.9 Å². The molecule has 4 rings (SSSR count). The highest BCUT2D eigenvalue weighted by Gasteiger charge is 2.33. The van der Waals surface area contributed by atoms with E-state index in [-0.39, 0.29) is 29.2 Å². The predicted octanol–water partition coefficient (Wildman–Crippen LogP) is 2.56. The summed E-state index contributed by atoms with van der Waals surface area (Å²) in [5.74, 6) is -1.91. The second-order valence-corrected chi connectivity index (χ2v) is 10.3. The molecule has 188 valence electrons. The second kappa shape index (κ2) is 9.41. The lowest BCUT2D eigenvalue weighted by Crippen LogP contribution is -2.37. The number of nitrogens with one attached hydrogen (secondary N) is 1. The van der Waals surface area contributed by atoms with Crippen LogP contribution < -0.4 is 10.2 Å². The lowest BCUT2D eigenvalue weighted by molar-refractivity contribution is -0.141. The Morgan fingerprint density at radius 2 is 1.89 bits per heavy atom. The van der Waals surface area contributed by atoms with E-state index in [0.29, 0.717) is 32.0 Å². The number of pyridine rings is 2. The van der Waals surface area contributed by atoms with Crippen LogP contribution >= 0.6 is 0 Å². The predicted molar refractivity (Wildman–Crippen MR) is 119 cm³/mol. The molecule has 0 spiro atoms. The zero-order valence-electron chi connectivity index (χ0n) is 18.5. The van der Waals surface area contributed by atoms with Crippen molar-refractivity contribution >= 4 is 32.8 Å². The molecule has 1 N–H and O–H groups in total. The average molecular weight is 515 g/mol. The SMILES string of the molecule is CS(=O)(=O)CCc1cn2cc(NC(=O)c3cccc(C(F)(F)F)n3)c(N3CCOCC3)c(F)c2n1. The highest BCUT2D eigenvalue weighted by Crippen LogP contribution is 2.33. The third-order valence-electron chi connectivity index (χ3n) is 5.29. The van der Waals surface area contributed by atoms with Crippen LogP contribution in [0, 0.1) is 5.82 Å². The number of hydrogen-bond acceptors (Lipinski definition) is 7. The summed E-state index contributed by atoms with van der Waals surface area (Å²) in [5.41, 5.74) is -1.48. The summed E-state index contributed by atoms with van der Waals surface area (Å²) in [6, 6.07) is 2.92. The van der Waals surface area contributed by atoms with Crippen molar-refractivity contribution in [1.82, 2.24) is 14.4 Å². The summed E-state index contributed by atoms with van der Waals surface area (Å²) in [5, 5.41) is 2.47. The number of aryl methyl sites for hydroxylation is 1. The number of nitrogens with zero attached hydrogens (tertiary/aromatic N) is 4. The molecule has 0 atom stereocenters. The average Bonchev–Trinajstić information content (AvgIpc) is 3.21. The Bertz CT molecular complexity index is 1370. The number of sulfone groups is 1. The molecule has 0 radical (unpaired) electrons. The summed E-state index contributed by atoms with van der Waals surface area (Å²) >= 11 is 0. The van der Waals surface area contributed by atoms with Gasteiger partial charge in [-0.25, -0.2) is 22.8 Å². The number of hydrogen-bond donors (Lipinski definition) is 1. The number of anilines is 2. The van der Waals surface area contributed by atoms with Gasteiger partial charge in [0.2, 0.25) is 0 Å². The van der Waals surface area contributed by atoms with Crippen molar-refractivity contribution in [1.29, 1.82) is 0 Å². The fourth-order valence-corrected chi connectivity index (χ4v) is 4.21. The number of imidazole rings is 1. The number of halogens is 4. The number of fused-ring (bicyclic) bond motifs is 1. The van der Waals surface area contributed by atoms with E-state index in [9.17, 15) is 26.4 Å². The van der Waals surface area contributed by atoms with E-state index in [1.165, 1.54) is 16.8 Å². The van der Waals surface area contributed by atoms with Gasteiger partial charge >= 0.3 is 6.18 Å². The van der Waals surface area contributed by atoms with Crippen LogP contribution in [0.15, 0.2) is 30.6 Å². The molecule has 1 amide bonds. The van der Waals surface area contributed by atoms with E-state index in [2.05, 4.69) is 15.3 Å². The van der Waals surface area contributed by atoms with E-state index in [1.807, 2.05) is 0 Å². The van der Waals surface area contributed by atoms with E-state index >= 15 is 4.39 Å². The first-order valence-corrected chi connectivity index (χ1v) is 12.5. The van der Waals surface area contributed by atoms with Gasteiger partial charge < -0.3 is 19.4 Å². The largest absolute Gasteiger partial charge is 0.433 e. The minimum Gasteiger partial charge on any atom is -0.378 e. The lowest BCUT2D eigenvalue weighted by atomic mass is 10.2. The summed E-state index contributed by atoms with van der Waals surface area (Å²) in [6.45, 7) is 1.22. The van der Waals surface area contributed by atoms with Gasteiger partial charge in [-0.1, -0.05) is 6.07 Å². The molecule has 1 saturated heterocycles. The van der Waals surface area contributed by atoms with Gasteiger partial charge in [-0.05, 0) is 12.1 Å². The van der Waals surface area contributed by atoms with E-state index in [0.717, 1.165) is 24.5 Å². The van der Waals surface area contributed by atoms with Gasteiger partial charge in [0.05, 0.1) is 30.3 Å². The number of alkyl halides is 3. The molecule has 0 aromatic carbocycles. The van der Waals surface area contributed by atoms with Crippen molar-refractivity contribution in [2.45, 2.75) is 12.6 Å². The Morgan fingerprint density at radius 3 is 2.54 bits per heavy atom. The van der Waals surface area contributed by atoms with Crippen LogP contribution in [0.2, 0.25) is 0 Å². The van der Waals surface area contributed by atoms with Crippen LogP contribution in [-0.4, -0.2) is 67.0 Å². The Balaban J connectivity index is 1.74. The van der Waals surface area contributed by atoms with E-state index in [4.69, 9.17) is 4.74 Å². The topological polar surface area (TPSA) is 106 Å². The lowest BCUT2D eigenvalue weighted by Gasteiger charge is -2.30. The summed E-state index contributed by atoms with van der Waals surface area (Å²) in [4.78, 5) is 22.0. The van der Waals surface area contributed by atoms with Crippen LogP contribution in [0.3, 0.4) is 0 Å². The Hall–Kier alpha value is -3.26. The molecule has 1 fully saturated rings. The van der Waals surface area contributed by atoms with Crippen molar-refractivity contribution in [2.24, 2.45) is 0 Å². The van der Waals surface area contributed by atoms with Crippen LogP contribution in [0.25, 0.3) is 5.65 Å². The Labute approximate surface area is 197 Å². The molecule has 3 aromatic rings. The van der Waals surface area contributed by atoms with Crippen LogP contribution in [0.5, 0.6) is 0 Å². The van der Waals surface area contributed by atoms with Gasteiger partial charge in [-0.15, -0.1) is 0 Å². The maximum Gasteiger partial charge on any atom is 0.433 e. The van der Waals surface area contributed by atoms with Crippen molar-refractivity contribution in [3.8, 4) is 0 Å². The molecule has 14 heteroatoms. The molecule has 0 bridgehead atoms. The van der Waals surface area contributed by atoms with Gasteiger partial charge in [0.25, 0.3) is 5.91 Å². The molecule has 35 heavy (non-hydrogen) atoms. The van der Waals surface area contributed by atoms with Gasteiger partial charge in [0.15, 0.2) is 11.5 Å². The van der Waals surface area contributed by atoms with Gasteiger partial charge in [-0.3, -0.25) is 4.79 Å². The summed E-state index contributed by atoms with van der Waals surface area (Å²) in [6.07, 6.45) is -0.784. The molecule has 4 heterocycles. The fourth-order valence-electron chi connectivity index (χ4n) is 3.63. The summed E-state index contributed by atoms with van der Waals surface area (Å²) < 4.78 is 84.3. The smallest absolute Gasteiger partial charge is 0.378 e. The maximum absolute atomic E-state index is 15.7. The number of morpholine rings is 1. The molecule has 0 unspecified atom stereocenters. The quantitative estimate of drug-likeness (QED) is 0.503. The molecular formula is C21H21F4N5O4S. The van der Waals surface area contributed by atoms with E-state index in [1.54, 1.807) is 4.90 Å². The third-order valence-corrected chi connectivity index (χ3v) is 6.23. The molecule has 0 aliphatic carbocycles. The highest BCUT2D eigenvalue weighted by atomic mass is 32.2. The number of aromatic nitrogens is 3. The Kier molecular flexibility index (Phi) is 6.68. The molecule has 1 aliphatic rings. The minimum absolute atomic E-state index is 0.00129. The normalized spacial score (nSPS) is 14.9. The number of carbonyl (C=O) groups excluding carboxylic acids is 1. The monoisotopic (exact) mass is 515 g/mol. The third kappa shape index (κ3) is 5.70. The van der Waals surface area contributed by atoms with Crippen molar-refractivity contribution in [3.63, 3.8) is 0 Å². The maximum atomic E-state index is 15.7. The van der Waals surface area contributed by atoms with Gasteiger partial charge in [-0.2, -0.15) is 13.2 Å². The first-order valence-electron chi connectivity index (χ1n) is 10.5. The number of amides is 1. The standard InChI is InChI=1S/C21H21F4N5O4S/c1-35(32,33)10-5-13-11-30-12-15(18(17(22)19(30)26-13)29-6-8-34-9-7-29)28-20(31)14-3-2-4-16(27-14)21(23,24)25/h2-4,11-12H,5-10H2,1H3,(H,28,31). The number of ether oxygens (including phenoxy) is 1. The van der Waals surface area contributed by atoms with Crippen molar-refractivity contribution in [2.75, 3.05) is 48.5 Å². The first-order chi connectivity index (χ1) is 16.4. The fraction of sp³-hybridized carbons (Fsp3) is 0.381.